The fourth-order valence-electron chi connectivity index (χ4n) is 2.63. The molecule has 1 aromatic heterocycles. The van der Waals surface area contributed by atoms with Gasteiger partial charge < -0.3 is 10.5 Å². The summed E-state index contributed by atoms with van der Waals surface area (Å²) in [7, 11) is 0. The summed E-state index contributed by atoms with van der Waals surface area (Å²) in [5.74, 6) is 5.59. The molecule has 7 heteroatoms. The zero-order valence-corrected chi connectivity index (χ0v) is 14.7. The number of para-hydroxylation sites is 1. The highest BCUT2D eigenvalue weighted by Crippen LogP contribution is 2.32. The van der Waals surface area contributed by atoms with Crippen LogP contribution in [0.5, 0.6) is 5.75 Å². The molecule has 134 valence electrons. The summed E-state index contributed by atoms with van der Waals surface area (Å²) in [6.07, 6.45) is 4.46. The average molecular weight is 343 g/mol. The van der Waals surface area contributed by atoms with Gasteiger partial charge in [0.2, 0.25) is 5.95 Å². The number of aryl methyl sites for hydroxylation is 1. The molecule has 1 amide bonds. The van der Waals surface area contributed by atoms with E-state index in [1.165, 1.54) is 12.8 Å². The van der Waals surface area contributed by atoms with E-state index in [4.69, 9.17) is 16.3 Å². The van der Waals surface area contributed by atoms with E-state index in [2.05, 4.69) is 22.3 Å². The van der Waals surface area contributed by atoms with Crippen LogP contribution in [-0.4, -0.2) is 22.5 Å². The second-order valence-electron chi connectivity index (χ2n) is 5.77. The minimum absolute atomic E-state index is 0.0961. The first-order valence-corrected chi connectivity index (χ1v) is 8.45. The summed E-state index contributed by atoms with van der Waals surface area (Å²) in [6.45, 7) is 4.47. The van der Waals surface area contributed by atoms with Crippen molar-refractivity contribution in [2.24, 2.45) is 5.84 Å². The number of anilines is 1. The molecule has 0 unspecified atom stereocenters. The number of nitrogen functional groups attached to an aromatic ring is 2. The summed E-state index contributed by atoms with van der Waals surface area (Å²) in [6, 6.07) is 7.44. The van der Waals surface area contributed by atoms with Crippen molar-refractivity contribution in [3.63, 3.8) is 0 Å². The van der Waals surface area contributed by atoms with Crippen LogP contribution in [0.2, 0.25) is 0 Å². The number of unbranched alkanes of at least 4 members (excludes halogenated alkanes) is 3. The van der Waals surface area contributed by atoms with E-state index in [0.717, 1.165) is 12.8 Å². The third-order valence-corrected chi connectivity index (χ3v) is 3.86. The Morgan fingerprint density at radius 2 is 1.96 bits per heavy atom. The molecule has 2 aromatic rings. The standard InChI is InChI=1S/C18H25N5O2/c1-3-4-5-8-11-25-14-10-7-6-9-13(14)16-15(17(24)23-20)12(2)21-18(19)22-16/h6-7,9-10H,3-5,8,11,20H2,1-2H3,(H,23,24)(H2,19,21,22). The monoisotopic (exact) mass is 343 g/mol. The van der Waals surface area contributed by atoms with Crippen molar-refractivity contribution in [1.82, 2.24) is 15.4 Å². The van der Waals surface area contributed by atoms with Crippen LogP contribution < -0.4 is 21.7 Å². The van der Waals surface area contributed by atoms with Gasteiger partial charge in [0, 0.05) is 5.56 Å². The van der Waals surface area contributed by atoms with Gasteiger partial charge >= 0.3 is 0 Å². The fourth-order valence-corrected chi connectivity index (χ4v) is 2.63. The van der Waals surface area contributed by atoms with Crippen LogP contribution in [0.4, 0.5) is 5.95 Å². The molecule has 1 aromatic carbocycles. The minimum atomic E-state index is -0.467. The number of hydrazine groups is 1. The number of ether oxygens (including phenoxy) is 1. The third-order valence-electron chi connectivity index (χ3n) is 3.86. The summed E-state index contributed by atoms with van der Waals surface area (Å²) in [4.78, 5) is 20.5. The number of hydrogen-bond acceptors (Lipinski definition) is 6. The van der Waals surface area contributed by atoms with E-state index >= 15 is 0 Å². The zero-order valence-electron chi connectivity index (χ0n) is 14.7. The van der Waals surface area contributed by atoms with Crippen LogP contribution in [0.1, 0.15) is 48.7 Å². The van der Waals surface area contributed by atoms with Gasteiger partial charge in [0.15, 0.2) is 0 Å². The van der Waals surface area contributed by atoms with Crippen LogP contribution in [0.15, 0.2) is 24.3 Å². The van der Waals surface area contributed by atoms with E-state index in [1.807, 2.05) is 24.3 Å². The topological polar surface area (TPSA) is 116 Å². The molecule has 5 N–H and O–H groups in total. The second kappa shape index (κ2) is 8.98. The number of hydrogen-bond donors (Lipinski definition) is 3. The number of nitrogens with two attached hydrogens (primary N) is 2. The van der Waals surface area contributed by atoms with Gasteiger partial charge in [0.05, 0.1) is 23.6 Å². The van der Waals surface area contributed by atoms with Crippen molar-refractivity contribution in [3.8, 4) is 17.0 Å². The quantitative estimate of drug-likeness (QED) is 0.294. The number of nitrogens with one attached hydrogen (secondary N) is 1. The van der Waals surface area contributed by atoms with Gasteiger partial charge in [0.1, 0.15) is 5.75 Å². The first-order valence-electron chi connectivity index (χ1n) is 8.45. The van der Waals surface area contributed by atoms with Gasteiger partial charge in [-0.2, -0.15) is 0 Å². The number of aromatic nitrogens is 2. The number of rotatable bonds is 8. The maximum absolute atomic E-state index is 12.2. The maximum Gasteiger partial charge on any atom is 0.269 e. The van der Waals surface area contributed by atoms with Crippen LogP contribution in [0.3, 0.4) is 0 Å². The number of benzene rings is 1. The molecule has 0 saturated carbocycles. The Labute approximate surface area is 147 Å². The highest BCUT2D eigenvalue weighted by atomic mass is 16.5. The van der Waals surface area contributed by atoms with Crippen molar-refractivity contribution in [3.05, 3.63) is 35.5 Å². The Morgan fingerprint density at radius 1 is 1.20 bits per heavy atom. The van der Waals surface area contributed by atoms with Gasteiger partial charge in [-0.3, -0.25) is 10.2 Å². The van der Waals surface area contributed by atoms with Gasteiger partial charge in [-0.1, -0.05) is 38.3 Å². The SMILES string of the molecule is CCCCCCOc1ccccc1-c1nc(N)nc(C)c1C(=O)NN. The Kier molecular flexibility index (Phi) is 6.71. The maximum atomic E-state index is 12.2. The predicted octanol–water partition coefficient (Wildman–Crippen LogP) is 2.60. The molecule has 0 aliphatic rings. The van der Waals surface area contributed by atoms with Crippen LogP contribution in [-0.2, 0) is 0 Å². The zero-order chi connectivity index (χ0) is 18.2. The lowest BCUT2D eigenvalue weighted by atomic mass is 10.0. The Balaban J connectivity index is 2.37. The Hall–Kier alpha value is -2.67. The van der Waals surface area contributed by atoms with Gasteiger partial charge in [-0.15, -0.1) is 0 Å². The average Bonchev–Trinajstić information content (AvgIpc) is 2.60. The normalized spacial score (nSPS) is 10.5. The van der Waals surface area contributed by atoms with Crippen molar-refractivity contribution in [1.29, 1.82) is 0 Å². The molecule has 0 atom stereocenters. The molecule has 0 fully saturated rings. The van der Waals surface area contributed by atoms with Crippen LogP contribution in [0, 0.1) is 6.92 Å². The van der Waals surface area contributed by atoms with Crippen molar-refractivity contribution < 1.29 is 9.53 Å². The molecule has 0 saturated heterocycles. The molecule has 0 aliphatic carbocycles. The van der Waals surface area contributed by atoms with E-state index in [0.29, 0.717) is 34.9 Å². The molecule has 25 heavy (non-hydrogen) atoms. The van der Waals surface area contributed by atoms with Crippen molar-refractivity contribution >= 4 is 11.9 Å². The largest absolute Gasteiger partial charge is 0.493 e. The highest BCUT2D eigenvalue weighted by Gasteiger charge is 2.21. The lowest BCUT2D eigenvalue weighted by Gasteiger charge is -2.15. The van der Waals surface area contributed by atoms with E-state index in [1.54, 1.807) is 6.92 Å². The van der Waals surface area contributed by atoms with E-state index in [9.17, 15) is 4.79 Å². The first kappa shape index (κ1) is 18.7. The van der Waals surface area contributed by atoms with Crippen LogP contribution in [0.25, 0.3) is 11.3 Å². The van der Waals surface area contributed by atoms with Gasteiger partial charge in [-0.25, -0.2) is 15.8 Å². The lowest BCUT2D eigenvalue weighted by Crippen LogP contribution is -2.31. The fraction of sp³-hybridized carbons (Fsp3) is 0.389. The van der Waals surface area contributed by atoms with E-state index in [-0.39, 0.29) is 5.95 Å². The number of amides is 1. The molecular weight excluding hydrogens is 318 g/mol. The Bertz CT molecular complexity index is 733. The van der Waals surface area contributed by atoms with Crippen molar-refractivity contribution in [2.75, 3.05) is 12.3 Å². The second-order valence-corrected chi connectivity index (χ2v) is 5.77. The summed E-state index contributed by atoms with van der Waals surface area (Å²) < 4.78 is 5.92. The van der Waals surface area contributed by atoms with Crippen LogP contribution >= 0.6 is 0 Å². The molecule has 0 aliphatic heterocycles. The molecule has 1 heterocycles. The van der Waals surface area contributed by atoms with Crippen molar-refractivity contribution in [2.45, 2.75) is 39.5 Å². The Morgan fingerprint density at radius 3 is 2.68 bits per heavy atom. The van der Waals surface area contributed by atoms with E-state index < -0.39 is 5.91 Å². The number of nitrogens with zero attached hydrogens (tertiary/aromatic N) is 2. The molecule has 0 radical (unpaired) electrons. The molecule has 2 rings (SSSR count). The summed E-state index contributed by atoms with van der Waals surface area (Å²) in [5.41, 5.74) is 9.78. The minimum Gasteiger partial charge on any atom is -0.493 e. The molecular formula is C18H25N5O2. The first-order chi connectivity index (χ1) is 12.1. The molecule has 7 nitrogen and oxygen atoms in total. The predicted molar refractivity (Wildman–Crippen MR) is 97.9 cm³/mol. The third kappa shape index (κ3) is 4.67. The molecule has 0 bridgehead atoms. The summed E-state index contributed by atoms with van der Waals surface area (Å²) >= 11 is 0. The highest BCUT2D eigenvalue weighted by molar-refractivity contribution is 6.01. The number of carbonyl (C=O) groups excluding carboxylic acids is 1. The van der Waals surface area contributed by atoms with Gasteiger partial charge in [-0.05, 0) is 25.5 Å². The summed E-state index contributed by atoms with van der Waals surface area (Å²) in [5, 5.41) is 0. The lowest BCUT2D eigenvalue weighted by molar-refractivity contribution is 0.0953. The smallest absolute Gasteiger partial charge is 0.269 e. The number of carbonyl (C=O) groups is 1. The molecule has 0 spiro atoms. The van der Waals surface area contributed by atoms with Gasteiger partial charge in [0.25, 0.3) is 5.91 Å².